The predicted octanol–water partition coefficient (Wildman–Crippen LogP) is 1.68. The molecule has 6 heteroatoms. The maximum absolute atomic E-state index is 12.0. The average molecular weight is 179 g/mol. The number of hydrazone groups is 1. The largest absolute Gasteiger partial charge is 0.432 e. The van der Waals surface area contributed by atoms with Crippen molar-refractivity contribution in [2.75, 3.05) is 0 Å². The minimum atomic E-state index is -4.52. The van der Waals surface area contributed by atoms with Crippen molar-refractivity contribution in [2.24, 2.45) is 5.10 Å². The second kappa shape index (κ2) is 3.89. The molecule has 0 aromatic heterocycles. The van der Waals surface area contributed by atoms with Crippen molar-refractivity contribution < 1.29 is 13.2 Å². The molecule has 0 aliphatic heterocycles. The standard InChI is InChI=1S/C6H8F3N3/c1-4(10)3-5(12-11-2)6(7,8)9/h3,10,12H,2H2,1H3/b5-3-,10-4?. The molecule has 0 unspecified atom stereocenters. The van der Waals surface area contributed by atoms with Gasteiger partial charge in [-0.15, -0.1) is 0 Å². The van der Waals surface area contributed by atoms with E-state index in [2.05, 4.69) is 11.8 Å². The van der Waals surface area contributed by atoms with E-state index in [0.717, 1.165) is 0 Å². The summed E-state index contributed by atoms with van der Waals surface area (Å²) in [6.07, 6.45) is -3.89. The van der Waals surface area contributed by atoms with Crippen molar-refractivity contribution >= 4 is 12.4 Å². The van der Waals surface area contributed by atoms with Crippen molar-refractivity contribution in [3.63, 3.8) is 0 Å². The second-order valence-corrected chi connectivity index (χ2v) is 2.01. The molecule has 0 aliphatic carbocycles. The van der Waals surface area contributed by atoms with Crippen molar-refractivity contribution in [3.05, 3.63) is 11.8 Å². The molecule has 12 heavy (non-hydrogen) atoms. The molecule has 0 amide bonds. The van der Waals surface area contributed by atoms with Gasteiger partial charge in [-0.3, -0.25) is 5.43 Å². The first-order valence-electron chi connectivity index (χ1n) is 2.93. The maximum atomic E-state index is 12.0. The molecule has 3 nitrogen and oxygen atoms in total. The summed E-state index contributed by atoms with van der Waals surface area (Å²) >= 11 is 0. The average Bonchev–Trinajstić information content (AvgIpc) is 1.83. The first kappa shape index (κ1) is 10.7. The van der Waals surface area contributed by atoms with Gasteiger partial charge in [-0.1, -0.05) is 0 Å². The number of alkyl halides is 3. The number of nitrogens with one attached hydrogen (secondary N) is 2. The van der Waals surface area contributed by atoms with Crippen molar-refractivity contribution in [3.8, 4) is 0 Å². The van der Waals surface area contributed by atoms with Crippen LogP contribution in [0, 0.1) is 5.41 Å². The Labute approximate surface area is 67.5 Å². The van der Waals surface area contributed by atoms with Crippen molar-refractivity contribution in [1.82, 2.24) is 5.43 Å². The Balaban J connectivity index is 4.66. The highest BCUT2D eigenvalue weighted by atomic mass is 19.4. The van der Waals surface area contributed by atoms with Crippen LogP contribution >= 0.6 is 0 Å². The Morgan fingerprint density at radius 1 is 1.58 bits per heavy atom. The molecule has 0 atom stereocenters. The molecule has 0 radical (unpaired) electrons. The molecule has 0 aromatic rings. The zero-order valence-corrected chi connectivity index (χ0v) is 6.37. The zero-order chi connectivity index (χ0) is 9.78. The quantitative estimate of drug-likeness (QED) is 0.502. The third-order valence-corrected chi connectivity index (χ3v) is 0.866. The van der Waals surface area contributed by atoms with E-state index in [0.29, 0.717) is 6.08 Å². The number of allylic oxidation sites excluding steroid dienone is 2. The lowest BCUT2D eigenvalue weighted by atomic mass is 10.3. The van der Waals surface area contributed by atoms with Gasteiger partial charge < -0.3 is 5.41 Å². The lowest BCUT2D eigenvalue weighted by Crippen LogP contribution is -2.23. The van der Waals surface area contributed by atoms with Gasteiger partial charge in [0.25, 0.3) is 0 Å². The summed E-state index contributed by atoms with van der Waals surface area (Å²) in [6.45, 7) is 4.08. The number of hydrogen-bond acceptors (Lipinski definition) is 3. The molecule has 0 rings (SSSR count). The van der Waals surface area contributed by atoms with Crippen LogP contribution in [0.15, 0.2) is 16.9 Å². The first-order valence-corrected chi connectivity index (χ1v) is 2.93. The number of nitrogens with zero attached hydrogens (tertiary/aromatic N) is 1. The molecule has 0 aliphatic rings. The number of halogens is 3. The van der Waals surface area contributed by atoms with Crippen LogP contribution < -0.4 is 5.43 Å². The molecule has 2 N–H and O–H groups in total. The van der Waals surface area contributed by atoms with Crippen LogP contribution in [0.3, 0.4) is 0 Å². The highest BCUT2D eigenvalue weighted by Crippen LogP contribution is 2.23. The molecule has 0 aromatic carbocycles. The van der Waals surface area contributed by atoms with E-state index in [4.69, 9.17) is 5.41 Å². The normalized spacial score (nSPS) is 12.5. The van der Waals surface area contributed by atoms with Gasteiger partial charge in [0.1, 0.15) is 5.70 Å². The van der Waals surface area contributed by atoms with E-state index in [9.17, 15) is 13.2 Å². The van der Waals surface area contributed by atoms with Crippen LogP contribution in [0.2, 0.25) is 0 Å². The van der Waals surface area contributed by atoms with Gasteiger partial charge in [0.2, 0.25) is 0 Å². The fraction of sp³-hybridized carbons (Fsp3) is 0.333. The van der Waals surface area contributed by atoms with Gasteiger partial charge in [-0.25, -0.2) is 0 Å². The van der Waals surface area contributed by atoms with E-state index in [1.807, 2.05) is 0 Å². The van der Waals surface area contributed by atoms with Crippen LogP contribution in [0.5, 0.6) is 0 Å². The monoisotopic (exact) mass is 179 g/mol. The molecule has 0 fully saturated rings. The van der Waals surface area contributed by atoms with Gasteiger partial charge in [0, 0.05) is 12.4 Å². The molecule has 0 saturated heterocycles. The summed E-state index contributed by atoms with van der Waals surface area (Å²) in [4.78, 5) is 0. The topological polar surface area (TPSA) is 48.2 Å². The van der Waals surface area contributed by atoms with Crippen LogP contribution in [0.1, 0.15) is 6.92 Å². The Bertz CT molecular complexity index is 217. The van der Waals surface area contributed by atoms with Crippen molar-refractivity contribution in [2.45, 2.75) is 13.1 Å². The molecular weight excluding hydrogens is 171 g/mol. The van der Waals surface area contributed by atoms with Crippen LogP contribution in [0.4, 0.5) is 13.2 Å². The SMILES string of the molecule is C=NN/C(=C\C(C)=N)C(F)(F)F. The van der Waals surface area contributed by atoms with E-state index in [1.165, 1.54) is 6.92 Å². The maximum Gasteiger partial charge on any atom is 0.432 e. The third kappa shape index (κ3) is 3.75. The van der Waals surface area contributed by atoms with Gasteiger partial charge in [0.05, 0.1) is 0 Å². The summed E-state index contributed by atoms with van der Waals surface area (Å²) < 4.78 is 35.9. The number of rotatable bonds is 3. The third-order valence-electron chi connectivity index (χ3n) is 0.866. The lowest BCUT2D eigenvalue weighted by molar-refractivity contribution is -0.0965. The fourth-order valence-corrected chi connectivity index (χ4v) is 0.479. The van der Waals surface area contributed by atoms with Crippen LogP contribution in [-0.4, -0.2) is 18.6 Å². The fourth-order valence-electron chi connectivity index (χ4n) is 0.479. The summed E-state index contributed by atoms with van der Waals surface area (Å²) in [5.41, 5.74) is 0.361. The van der Waals surface area contributed by atoms with E-state index in [1.54, 1.807) is 5.43 Å². The van der Waals surface area contributed by atoms with E-state index < -0.39 is 11.9 Å². The highest BCUT2D eigenvalue weighted by molar-refractivity contribution is 5.90. The lowest BCUT2D eigenvalue weighted by Gasteiger charge is -2.09. The zero-order valence-electron chi connectivity index (χ0n) is 6.37. The van der Waals surface area contributed by atoms with E-state index >= 15 is 0 Å². The smallest absolute Gasteiger partial charge is 0.306 e. The summed E-state index contributed by atoms with van der Waals surface area (Å²) in [6, 6.07) is 0. The van der Waals surface area contributed by atoms with Crippen LogP contribution in [-0.2, 0) is 0 Å². The molecule has 68 valence electrons. The number of hydrogen-bond donors (Lipinski definition) is 2. The van der Waals surface area contributed by atoms with Gasteiger partial charge >= 0.3 is 6.18 Å². The summed E-state index contributed by atoms with van der Waals surface area (Å²) in [5, 5.41) is 9.68. The van der Waals surface area contributed by atoms with Gasteiger partial charge in [0.15, 0.2) is 0 Å². The van der Waals surface area contributed by atoms with Crippen molar-refractivity contribution in [1.29, 1.82) is 5.41 Å². The minimum absolute atomic E-state index is 0.210. The van der Waals surface area contributed by atoms with Crippen LogP contribution in [0.25, 0.3) is 0 Å². The first-order chi connectivity index (χ1) is 5.38. The summed E-state index contributed by atoms with van der Waals surface area (Å²) in [7, 11) is 0. The molecule has 0 heterocycles. The minimum Gasteiger partial charge on any atom is -0.306 e. The second-order valence-electron chi connectivity index (χ2n) is 2.01. The Kier molecular flexibility index (Phi) is 3.46. The van der Waals surface area contributed by atoms with E-state index in [-0.39, 0.29) is 5.71 Å². The summed E-state index contributed by atoms with van der Waals surface area (Å²) in [5.74, 6) is 0. The molecule has 0 saturated carbocycles. The highest BCUT2D eigenvalue weighted by Gasteiger charge is 2.33. The van der Waals surface area contributed by atoms with Gasteiger partial charge in [-0.05, 0) is 13.0 Å². The Hall–Kier alpha value is -1.33. The molecule has 0 bridgehead atoms. The molecule has 0 spiro atoms. The predicted molar refractivity (Wildman–Crippen MR) is 40.2 cm³/mol. The van der Waals surface area contributed by atoms with Gasteiger partial charge in [-0.2, -0.15) is 18.3 Å². The Morgan fingerprint density at radius 3 is 2.33 bits per heavy atom. The molecular formula is C6H8F3N3. The Morgan fingerprint density at radius 2 is 2.08 bits per heavy atom.